The van der Waals surface area contributed by atoms with Crippen LogP contribution in [0.25, 0.3) is 0 Å². The fourth-order valence-electron chi connectivity index (χ4n) is 1.52. The van der Waals surface area contributed by atoms with E-state index >= 15 is 0 Å². The van der Waals surface area contributed by atoms with Gasteiger partial charge in [0.2, 0.25) is 7.37 Å². The van der Waals surface area contributed by atoms with Crippen molar-refractivity contribution in [1.82, 2.24) is 0 Å². The van der Waals surface area contributed by atoms with Crippen molar-refractivity contribution in [2.24, 2.45) is 5.92 Å². The highest BCUT2D eigenvalue weighted by molar-refractivity contribution is 7.65. The Kier molecular flexibility index (Phi) is 5.84. The molecule has 3 heteroatoms. The van der Waals surface area contributed by atoms with Gasteiger partial charge in [-0.05, 0) is 23.6 Å². The zero-order valence-corrected chi connectivity index (χ0v) is 11.4. The van der Waals surface area contributed by atoms with Crippen molar-refractivity contribution in [3.8, 4) is 0 Å². The highest BCUT2D eigenvalue weighted by atomic mass is 31.2. The van der Waals surface area contributed by atoms with Gasteiger partial charge < -0.3 is 4.52 Å². The Morgan fingerprint density at radius 2 is 1.78 bits per heavy atom. The van der Waals surface area contributed by atoms with Crippen LogP contribution in [0.1, 0.15) is 5.56 Å². The molecule has 1 aromatic carbocycles. The summed E-state index contributed by atoms with van der Waals surface area (Å²) < 4.78 is 17.3. The van der Waals surface area contributed by atoms with E-state index in [4.69, 9.17) is 4.52 Å². The van der Waals surface area contributed by atoms with E-state index in [1.165, 1.54) is 17.2 Å². The first-order valence-corrected chi connectivity index (χ1v) is 7.57. The first-order valence-electron chi connectivity index (χ1n) is 5.81. The molecule has 2 nitrogen and oxygen atoms in total. The first kappa shape index (κ1) is 14.7. The average molecular weight is 262 g/mol. The van der Waals surface area contributed by atoms with Gasteiger partial charge in [0.05, 0.1) is 6.61 Å². The predicted molar refractivity (Wildman–Crippen MR) is 77.8 cm³/mol. The molecular formula is C15H19O2P. The number of hydrogen-bond donors (Lipinski definition) is 0. The van der Waals surface area contributed by atoms with E-state index in [0.717, 1.165) is 6.42 Å². The van der Waals surface area contributed by atoms with E-state index in [2.05, 4.69) is 31.9 Å². The van der Waals surface area contributed by atoms with Gasteiger partial charge in [0, 0.05) is 5.92 Å². The molecule has 1 unspecified atom stereocenters. The van der Waals surface area contributed by atoms with Gasteiger partial charge in [-0.15, -0.1) is 6.58 Å². The minimum Gasteiger partial charge on any atom is -0.322 e. The molecule has 0 spiro atoms. The fourth-order valence-corrected chi connectivity index (χ4v) is 2.30. The highest BCUT2D eigenvalue weighted by Gasteiger charge is 2.16. The van der Waals surface area contributed by atoms with Crippen LogP contribution in [0.2, 0.25) is 0 Å². The lowest BCUT2D eigenvalue weighted by Crippen LogP contribution is -2.08. The molecule has 0 N–H and O–H groups in total. The van der Waals surface area contributed by atoms with E-state index in [0.29, 0.717) is 6.61 Å². The maximum atomic E-state index is 11.9. The van der Waals surface area contributed by atoms with Gasteiger partial charge in [0.1, 0.15) is 0 Å². The second-order valence-electron chi connectivity index (χ2n) is 3.99. The summed E-state index contributed by atoms with van der Waals surface area (Å²) in [7, 11) is -2.87. The normalized spacial score (nSPS) is 12.7. The van der Waals surface area contributed by atoms with Crippen LogP contribution in [0.5, 0.6) is 0 Å². The van der Waals surface area contributed by atoms with Crippen LogP contribution >= 0.6 is 7.37 Å². The average Bonchev–Trinajstić information content (AvgIpc) is 2.44. The lowest BCUT2D eigenvalue weighted by atomic mass is 10.0. The molecule has 0 aliphatic carbocycles. The van der Waals surface area contributed by atoms with Gasteiger partial charge >= 0.3 is 0 Å². The van der Waals surface area contributed by atoms with E-state index < -0.39 is 7.37 Å². The Hall–Kier alpha value is -1.37. The quantitative estimate of drug-likeness (QED) is 0.505. The summed E-state index contributed by atoms with van der Waals surface area (Å²) >= 11 is 0. The van der Waals surface area contributed by atoms with Gasteiger partial charge in [-0.1, -0.05) is 49.6 Å². The van der Waals surface area contributed by atoms with Crippen LogP contribution in [0, 0.1) is 5.92 Å². The molecule has 1 rings (SSSR count). The SMILES string of the molecule is C=CC(COP(=O)(C=C)C=C)Cc1ccccc1. The van der Waals surface area contributed by atoms with E-state index in [1.807, 2.05) is 24.3 Å². The Labute approximate surface area is 109 Å². The molecule has 0 bridgehead atoms. The zero-order chi connectivity index (χ0) is 13.4. The van der Waals surface area contributed by atoms with Gasteiger partial charge in [-0.3, -0.25) is 4.57 Å². The van der Waals surface area contributed by atoms with Gasteiger partial charge in [-0.25, -0.2) is 0 Å². The molecule has 0 aromatic heterocycles. The lowest BCUT2D eigenvalue weighted by Gasteiger charge is -2.16. The maximum absolute atomic E-state index is 11.9. The summed E-state index contributed by atoms with van der Waals surface area (Å²) in [6, 6.07) is 10.1. The molecule has 0 heterocycles. The second kappa shape index (κ2) is 7.15. The van der Waals surface area contributed by atoms with Gasteiger partial charge in [-0.2, -0.15) is 0 Å². The third-order valence-corrected chi connectivity index (χ3v) is 4.24. The topological polar surface area (TPSA) is 26.3 Å². The zero-order valence-electron chi connectivity index (χ0n) is 10.5. The van der Waals surface area contributed by atoms with Crippen LogP contribution < -0.4 is 0 Å². The molecule has 1 atom stereocenters. The molecule has 0 radical (unpaired) electrons. The van der Waals surface area contributed by atoms with Crippen molar-refractivity contribution in [1.29, 1.82) is 0 Å². The molecule has 0 fully saturated rings. The van der Waals surface area contributed by atoms with Crippen molar-refractivity contribution in [3.63, 3.8) is 0 Å². The molecule has 0 aliphatic rings. The molecule has 0 aliphatic heterocycles. The maximum Gasteiger partial charge on any atom is 0.246 e. The Balaban J connectivity index is 2.58. The standard InChI is InChI=1S/C15H19O2P/c1-4-14(12-15-10-8-7-9-11-15)13-17-18(16,5-2)6-3/h4-11,14H,1-3,12-13H2. The first-order chi connectivity index (χ1) is 8.63. The highest BCUT2D eigenvalue weighted by Crippen LogP contribution is 2.49. The summed E-state index contributed by atoms with van der Waals surface area (Å²) in [6.07, 6.45) is 2.64. The van der Waals surface area contributed by atoms with Crippen molar-refractivity contribution < 1.29 is 9.09 Å². The minimum absolute atomic E-state index is 0.126. The van der Waals surface area contributed by atoms with Crippen LogP contribution in [0.15, 0.2) is 67.8 Å². The van der Waals surface area contributed by atoms with E-state index in [-0.39, 0.29) is 5.92 Å². The lowest BCUT2D eigenvalue weighted by molar-refractivity contribution is 0.284. The molecule has 1 aromatic rings. The van der Waals surface area contributed by atoms with Crippen LogP contribution in [0.3, 0.4) is 0 Å². The Morgan fingerprint density at radius 3 is 2.28 bits per heavy atom. The van der Waals surface area contributed by atoms with Gasteiger partial charge in [0.25, 0.3) is 0 Å². The summed E-state index contributed by atoms with van der Waals surface area (Å²) in [5.41, 5.74) is 1.21. The molecule has 96 valence electrons. The molecule has 0 saturated heterocycles. The Morgan fingerprint density at radius 1 is 1.17 bits per heavy atom. The van der Waals surface area contributed by atoms with Crippen LogP contribution in [0.4, 0.5) is 0 Å². The van der Waals surface area contributed by atoms with Crippen molar-refractivity contribution in [2.75, 3.05) is 6.61 Å². The summed E-state index contributed by atoms with van der Waals surface area (Å²) in [5.74, 6) is 2.77. The monoisotopic (exact) mass is 262 g/mol. The van der Waals surface area contributed by atoms with E-state index in [9.17, 15) is 4.57 Å². The van der Waals surface area contributed by atoms with E-state index in [1.54, 1.807) is 0 Å². The van der Waals surface area contributed by atoms with Crippen LogP contribution in [-0.2, 0) is 15.5 Å². The van der Waals surface area contributed by atoms with Crippen molar-refractivity contribution in [2.45, 2.75) is 6.42 Å². The molecule has 0 amide bonds. The van der Waals surface area contributed by atoms with Gasteiger partial charge in [0.15, 0.2) is 0 Å². The Bertz CT molecular complexity index is 439. The summed E-state index contributed by atoms with van der Waals surface area (Å²) in [5, 5.41) is 0. The van der Waals surface area contributed by atoms with Crippen molar-refractivity contribution >= 4 is 7.37 Å². The number of benzene rings is 1. The van der Waals surface area contributed by atoms with Crippen molar-refractivity contribution in [3.05, 3.63) is 73.3 Å². The third kappa shape index (κ3) is 4.48. The smallest absolute Gasteiger partial charge is 0.246 e. The third-order valence-electron chi connectivity index (χ3n) is 2.67. The predicted octanol–water partition coefficient (Wildman–Crippen LogP) is 4.61. The van der Waals surface area contributed by atoms with Crippen LogP contribution in [-0.4, -0.2) is 6.61 Å². The summed E-state index contributed by atoms with van der Waals surface area (Å²) in [4.78, 5) is 0. The fraction of sp³-hybridized carbons (Fsp3) is 0.200. The number of rotatable bonds is 8. The minimum atomic E-state index is -2.87. The molecule has 0 saturated carbocycles. The molecular weight excluding hydrogens is 243 g/mol. The number of hydrogen-bond acceptors (Lipinski definition) is 2. The molecule has 18 heavy (non-hydrogen) atoms. The second-order valence-corrected chi connectivity index (χ2v) is 6.27. The summed E-state index contributed by atoms with van der Waals surface area (Å²) in [6.45, 7) is 11.2. The largest absolute Gasteiger partial charge is 0.322 e.